The Morgan fingerprint density at radius 3 is 2.95 bits per heavy atom. The van der Waals surface area contributed by atoms with Gasteiger partial charge in [0.1, 0.15) is 0 Å². The topological polar surface area (TPSA) is 67.3 Å². The second-order valence-corrected chi connectivity index (χ2v) is 4.65. The highest BCUT2D eigenvalue weighted by Crippen LogP contribution is 2.25. The van der Waals surface area contributed by atoms with Crippen LogP contribution in [0.25, 0.3) is 11.7 Å². The summed E-state index contributed by atoms with van der Waals surface area (Å²) in [5, 5.41) is 7.46. The number of aromatic nitrogens is 2. The van der Waals surface area contributed by atoms with Gasteiger partial charge in [0.15, 0.2) is 11.6 Å². The van der Waals surface area contributed by atoms with E-state index in [9.17, 15) is 0 Å². The third-order valence-corrected chi connectivity index (χ3v) is 3.45. The molecule has 0 radical (unpaired) electrons. The van der Waals surface area contributed by atoms with Gasteiger partial charge in [-0.1, -0.05) is 12.1 Å². The van der Waals surface area contributed by atoms with Crippen molar-refractivity contribution in [2.75, 3.05) is 26.2 Å². The van der Waals surface area contributed by atoms with Crippen LogP contribution in [0.2, 0.25) is 0 Å². The molecular formula is C13H18N4O2. The largest absolute Gasteiger partial charge is 0.459 e. The highest BCUT2D eigenvalue weighted by atomic mass is 16.5. The second kappa shape index (κ2) is 5.54. The van der Waals surface area contributed by atoms with Gasteiger partial charge in [-0.15, -0.1) is 0 Å². The number of rotatable bonds is 4. The SMILES string of the molecule is CCC(c1noc(-c2ccco2)n1)N1CCNCC1. The van der Waals surface area contributed by atoms with Gasteiger partial charge >= 0.3 is 0 Å². The first-order valence-electron chi connectivity index (χ1n) is 6.70. The van der Waals surface area contributed by atoms with E-state index in [1.54, 1.807) is 6.26 Å². The van der Waals surface area contributed by atoms with Crippen molar-refractivity contribution < 1.29 is 8.94 Å². The summed E-state index contributed by atoms with van der Waals surface area (Å²) in [6.07, 6.45) is 2.57. The Hall–Kier alpha value is -1.66. The molecule has 19 heavy (non-hydrogen) atoms. The Morgan fingerprint density at radius 1 is 1.42 bits per heavy atom. The third-order valence-electron chi connectivity index (χ3n) is 3.45. The van der Waals surface area contributed by atoms with Crippen molar-refractivity contribution in [3.63, 3.8) is 0 Å². The highest BCUT2D eigenvalue weighted by molar-refractivity contribution is 5.42. The van der Waals surface area contributed by atoms with Crippen molar-refractivity contribution in [3.8, 4) is 11.7 Å². The molecule has 6 nitrogen and oxygen atoms in total. The average molecular weight is 262 g/mol. The van der Waals surface area contributed by atoms with Crippen LogP contribution in [0.15, 0.2) is 27.3 Å². The van der Waals surface area contributed by atoms with E-state index in [2.05, 4.69) is 27.3 Å². The quantitative estimate of drug-likeness (QED) is 0.904. The molecule has 0 bridgehead atoms. The number of furan rings is 1. The Kier molecular flexibility index (Phi) is 3.61. The van der Waals surface area contributed by atoms with Crippen molar-refractivity contribution in [3.05, 3.63) is 24.2 Å². The van der Waals surface area contributed by atoms with Crippen molar-refractivity contribution in [1.82, 2.24) is 20.4 Å². The van der Waals surface area contributed by atoms with E-state index in [4.69, 9.17) is 8.94 Å². The summed E-state index contributed by atoms with van der Waals surface area (Å²) in [4.78, 5) is 6.86. The lowest BCUT2D eigenvalue weighted by atomic mass is 10.1. The van der Waals surface area contributed by atoms with Gasteiger partial charge in [0.2, 0.25) is 0 Å². The molecule has 1 saturated heterocycles. The van der Waals surface area contributed by atoms with Crippen LogP contribution < -0.4 is 5.32 Å². The summed E-state index contributed by atoms with van der Waals surface area (Å²) in [5.74, 6) is 1.82. The Labute approximate surface area is 111 Å². The molecule has 1 unspecified atom stereocenters. The first-order chi connectivity index (χ1) is 9.38. The summed E-state index contributed by atoms with van der Waals surface area (Å²) < 4.78 is 10.6. The maximum atomic E-state index is 5.29. The van der Waals surface area contributed by atoms with E-state index in [-0.39, 0.29) is 6.04 Å². The van der Waals surface area contributed by atoms with Crippen LogP contribution in [0.1, 0.15) is 25.2 Å². The van der Waals surface area contributed by atoms with E-state index in [1.807, 2.05) is 12.1 Å². The summed E-state index contributed by atoms with van der Waals surface area (Å²) in [5.41, 5.74) is 0. The van der Waals surface area contributed by atoms with Gasteiger partial charge in [0.25, 0.3) is 5.89 Å². The van der Waals surface area contributed by atoms with Crippen LogP contribution in [0.5, 0.6) is 0 Å². The van der Waals surface area contributed by atoms with Crippen molar-refractivity contribution in [2.24, 2.45) is 0 Å². The monoisotopic (exact) mass is 262 g/mol. The fourth-order valence-corrected chi connectivity index (χ4v) is 2.47. The molecule has 2 aromatic rings. The molecule has 3 heterocycles. The lowest BCUT2D eigenvalue weighted by molar-refractivity contribution is 0.160. The molecule has 1 fully saturated rings. The van der Waals surface area contributed by atoms with Gasteiger partial charge in [-0.25, -0.2) is 0 Å². The molecule has 0 aliphatic carbocycles. The van der Waals surface area contributed by atoms with Crippen LogP contribution in [0.4, 0.5) is 0 Å². The standard InChI is InChI=1S/C13H18N4O2/c1-2-10(17-7-5-14-6-8-17)12-15-13(19-16-12)11-4-3-9-18-11/h3-4,9-10,14H,2,5-8H2,1H3. The van der Waals surface area contributed by atoms with Crippen molar-refractivity contribution in [2.45, 2.75) is 19.4 Å². The number of hydrogen-bond donors (Lipinski definition) is 1. The predicted molar refractivity (Wildman–Crippen MR) is 69.5 cm³/mol. The van der Waals surface area contributed by atoms with Crippen LogP contribution in [-0.4, -0.2) is 41.2 Å². The van der Waals surface area contributed by atoms with Crippen LogP contribution in [-0.2, 0) is 0 Å². The summed E-state index contributed by atoms with van der Waals surface area (Å²) in [6, 6.07) is 3.85. The molecule has 0 amide bonds. The van der Waals surface area contributed by atoms with E-state index < -0.39 is 0 Å². The minimum atomic E-state index is 0.217. The van der Waals surface area contributed by atoms with Crippen LogP contribution >= 0.6 is 0 Å². The number of nitrogens with one attached hydrogen (secondary N) is 1. The fourth-order valence-electron chi connectivity index (χ4n) is 2.47. The summed E-state index contributed by atoms with van der Waals surface area (Å²) in [7, 11) is 0. The summed E-state index contributed by atoms with van der Waals surface area (Å²) >= 11 is 0. The zero-order chi connectivity index (χ0) is 13.1. The van der Waals surface area contributed by atoms with Gasteiger partial charge in [0.05, 0.1) is 12.3 Å². The Morgan fingerprint density at radius 2 is 2.26 bits per heavy atom. The zero-order valence-electron chi connectivity index (χ0n) is 11.0. The molecule has 1 aliphatic rings. The van der Waals surface area contributed by atoms with Gasteiger partial charge < -0.3 is 14.3 Å². The molecular weight excluding hydrogens is 244 g/mol. The van der Waals surface area contributed by atoms with Gasteiger partial charge in [0, 0.05) is 26.2 Å². The molecule has 1 aliphatic heterocycles. The van der Waals surface area contributed by atoms with E-state index >= 15 is 0 Å². The smallest absolute Gasteiger partial charge is 0.293 e. The minimum absolute atomic E-state index is 0.217. The molecule has 0 saturated carbocycles. The highest BCUT2D eigenvalue weighted by Gasteiger charge is 2.25. The zero-order valence-corrected chi connectivity index (χ0v) is 11.0. The van der Waals surface area contributed by atoms with Crippen molar-refractivity contribution in [1.29, 1.82) is 0 Å². The lowest BCUT2D eigenvalue weighted by Gasteiger charge is -2.32. The fraction of sp³-hybridized carbons (Fsp3) is 0.538. The maximum Gasteiger partial charge on any atom is 0.293 e. The van der Waals surface area contributed by atoms with Gasteiger partial charge in [-0.05, 0) is 18.6 Å². The molecule has 0 aromatic carbocycles. The summed E-state index contributed by atoms with van der Waals surface area (Å²) in [6.45, 7) is 6.21. The molecule has 0 spiro atoms. The molecule has 1 N–H and O–H groups in total. The molecule has 2 aromatic heterocycles. The van der Waals surface area contributed by atoms with Gasteiger partial charge in [-0.3, -0.25) is 4.90 Å². The molecule has 3 rings (SSSR count). The van der Waals surface area contributed by atoms with Crippen LogP contribution in [0.3, 0.4) is 0 Å². The van der Waals surface area contributed by atoms with Crippen molar-refractivity contribution >= 4 is 0 Å². The van der Waals surface area contributed by atoms with E-state index in [0.717, 1.165) is 38.4 Å². The lowest BCUT2D eigenvalue weighted by Crippen LogP contribution is -2.45. The van der Waals surface area contributed by atoms with E-state index in [0.29, 0.717) is 11.7 Å². The first-order valence-corrected chi connectivity index (χ1v) is 6.70. The number of piperazine rings is 1. The first kappa shape index (κ1) is 12.4. The Balaban J connectivity index is 1.79. The minimum Gasteiger partial charge on any atom is -0.459 e. The number of nitrogens with zero attached hydrogens (tertiary/aromatic N) is 3. The normalized spacial score (nSPS) is 18.6. The molecule has 102 valence electrons. The third kappa shape index (κ3) is 2.54. The molecule has 1 atom stereocenters. The average Bonchev–Trinajstić information content (AvgIpc) is 3.11. The number of hydrogen-bond acceptors (Lipinski definition) is 6. The van der Waals surface area contributed by atoms with Crippen LogP contribution in [0, 0.1) is 0 Å². The predicted octanol–water partition coefficient (Wildman–Crippen LogP) is 1.69. The Bertz CT molecular complexity index is 502. The molecule has 6 heteroatoms. The maximum absolute atomic E-state index is 5.29. The van der Waals surface area contributed by atoms with E-state index in [1.165, 1.54) is 0 Å². The van der Waals surface area contributed by atoms with Gasteiger partial charge in [-0.2, -0.15) is 4.98 Å². The second-order valence-electron chi connectivity index (χ2n) is 4.65.